The molecule has 5 heteroatoms. The Labute approximate surface area is 174 Å². The van der Waals surface area contributed by atoms with Gasteiger partial charge in [0.05, 0.1) is 0 Å². The lowest BCUT2D eigenvalue weighted by molar-refractivity contribution is 0.0136. The highest BCUT2D eigenvalue weighted by molar-refractivity contribution is 5.99. The van der Waals surface area contributed by atoms with Crippen molar-refractivity contribution in [3.05, 3.63) is 34.6 Å². The van der Waals surface area contributed by atoms with Gasteiger partial charge in [-0.15, -0.1) is 0 Å². The lowest BCUT2D eigenvalue weighted by Gasteiger charge is -2.49. The van der Waals surface area contributed by atoms with Crippen LogP contribution >= 0.6 is 0 Å². The predicted molar refractivity (Wildman–Crippen MR) is 118 cm³/mol. The summed E-state index contributed by atoms with van der Waals surface area (Å²) in [5.41, 5.74) is 4.19. The smallest absolute Gasteiger partial charge is 0.287 e. The number of rotatable bonds is 4. The van der Waals surface area contributed by atoms with Crippen LogP contribution in [0.25, 0.3) is 11.0 Å². The third kappa shape index (κ3) is 3.82. The molecule has 0 atom stereocenters. The number of nitrogens with zero attached hydrogens (tertiary/aromatic N) is 2. The van der Waals surface area contributed by atoms with Crippen molar-refractivity contribution in [2.45, 2.75) is 58.4 Å². The summed E-state index contributed by atoms with van der Waals surface area (Å²) in [5.74, 6) is 0.396. The number of hydrogen-bond acceptors (Lipinski definition) is 4. The summed E-state index contributed by atoms with van der Waals surface area (Å²) in [6.45, 7) is 11.2. The molecule has 2 aromatic rings. The first-order chi connectivity index (χ1) is 13.9. The minimum absolute atomic E-state index is 0.0742. The van der Waals surface area contributed by atoms with Gasteiger partial charge in [0, 0.05) is 49.2 Å². The van der Waals surface area contributed by atoms with Crippen LogP contribution in [0.3, 0.4) is 0 Å². The van der Waals surface area contributed by atoms with E-state index in [1.54, 1.807) is 0 Å². The molecule has 29 heavy (non-hydrogen) atoms. The monoisotopic (exact) mass is 397 g/mol. The van der Waals surface area contributed by atoms with E-state index in [4.69, 9.17) is 4.42 Å². The third-order valence-corrected chi connectivity index (χ3v) is 7.37. The topological polar surface area (TPSA) is 48.7 Å². The Balaban J connectivity index is 1.53. The molecule has 2 fully saturated rings. The van der Waals surface area contributed by atoms with Crippen molar-refractivity contribution < 1.29 is 9.21 Å². The highest BCUT2D eigenvalue weighted by Crippen LogP contribution is 2.34. The molecule has 1 saturated heterocycles. The molecule has 0 bridgehead atoms. The van der Waals surface area contributed by atoms with E-state index < -0.39 is 0 Å². The average Bonchev–Trinajstić information content (AvgIpc) is 3.07. The molecule has 4 rings (SSSR count). The van der Waals surface area contributed by atoms with E-state index in [2.05, 4.69) is 48.1 Å². The Hall–Kier alpha value is -1.85. The van der Waals surface area contributed by atoms with E-state index in [1.807, 2.05) is 6.92 Å². The summed E-state index contributed by atoms with van der Waals surface area (Å²) in [5, 5.41) is 4.31. The minimum Gasteiger partial charge on any atom is -0.450 e. The van der Waals surface area contributed by atoms with Gasteiger partial charge in [-0.2, -0.15) is 0 Å². The highest BCUT2D eigenvalue weighted by atomic mass is 16.3. The number of fused-ring (bicyclic) bond motifs is 1. The van der Waals surface area contributed by atoms with Crippen molar-refractivity contribution >= 4 is 16.9 Å². The Morgan fingerprint density at radius 2 is 1.72 bits per heavy atom. The van der Waals surface area contributed by atoms with Crippen molar-refractivity contribution in [3.63, 3.8) is 0 Å². The second kappa shape index (κ2) is 8.11. The number of aryl methyl sites for hydroxylation is 3. The number of carbonyl (C=O) groups is 1. The van der Waals surface area contributed by atoms with Crippen LogP contribution in [0.5, 0.6) is 0 Å². The van der Waals surface area contributed by atoms with Gasteiger partial charge in [-0.25, -0.2) is 0 Å². The summed E-state index contributed by atoms with van der Waals surface area (Å²) >= 11 is 0. The van der Waals surface area contributed by atoms with Crippen molar-refractivity contribution in [2.75, 3.05) is 39.8 Å². The van der Waals surface area contributed by atoms with E-state index in [1.165, 1.54) is 37.7 Å². The lowest BCUT2D eigenvalue weighted by Crippen LogP contribution is -2.61. The van der Waals surface area contributed by atoms with Gasteiger partial charge in [0.25, 0.3) is 5.91 Å². The number of furan rings is 1. The molecular formula is C24H35N3O2. The molecule has 1 N–H and O–H groups in total. The van der Waals surface area contributed by atoms with E-state index >= 15 is 0 Å². The number of piperazine rings is 1. The molecule has 5 nitrogen and oxygen atoms in total. The van der Waals surface area contributed by atoms with E-state index in [0.717, 1.165) is 48.3 Å². The van der Waals surface area contributed by atoms with Gasteiger partial charge in [0.2, 0.25) is 0 Å². The zero-order chi connectivity index (χ0) is 20.6. The van der Waals surface area contributed by atoms with Gasteiger partial charge in [0.15, 0.2) is 5.76 Å². The molecular weight excluding hydrogens is 362 g/mol. The minimum atomic E-state index is -0.0742. The number of nitrogens with one attached hydrogen (secondary N) is 1. The molecule has 1 aliphatic carbocycles. The van der Waals surface area contributed by atoms with Crippen LogP contribution in [0.2, 0.25) is 0 Å². The molecule has 0 spiro atoms. The van der Waals surface area contributed by atoms with Gasteiger partial charge in [-0.1, -0.05) is 31.4 Å². The zero-order valence-corrected chi connectivity index (χ0v) is 18.4. The fraction of sp³-hybridized carbons (Fsp3) is 0.625. The SMILES string of the molecule is Cc1ccc2c(C)c(C(=O)NCC3(N4CCN(C)CC4)CCCCC3)oc2c1C. The maximum atomic E-state index is 13.1. The van der Waals surface area contributed by atoms with Crippen LogP contribution in [-0.4, -0.2) is 61.0 Å². The van der Waals surface area contributed by atoms with Gasteiger partial charge in [-0.05, 0) is 51.8 Å². The first kappa shape index (κ1) is 20.4. The Bertz CT molecular complexity index is 887. The van der Waals surface area contributed by atoms with Gasteiger partial charge in [-0.3, -0.25) is 9.69 Å². The Kier molecular flexibility index (Phi) is 5.71. The van der Waals surface area contributed by atoms with E-state index in [-0.39, 0.29) is 11.4 Å². The van der Waals surface area contributed by atoms with E-state index in [9.17, 15) is 4.79 Å². The quantitative estimate of drug-likeness (QED) is 0.846. The molecule has 158 valence electrons. The molecule has 1 amide bonds. The Morgan fingerprint density at radius 1 is 1.03 bits per heavy atom. The summed E-state index contributed by atoms with van der Waals surface area (Å²) in [6.07, 6.45) is 6.17. The lowest BCUT2D eigenvalue weighted by atomic mass is 9.79. The number of carbonyl (C=O) groups excluding carboxylic acids is 1. The van der Waals surface area contributed by atoms with E-state index in [0.29, 0.717) is 12.3 Å². The summed E-state index contributed by atoms with van der Waals surface area (Å²) in [4.78, 5) is 18.2. The molecule has 2 heterocycles. The average molecular weight is 398 g/mol. The number of benzene rings is 1. The first-order valence-corrected chi connectivity index (χ1v) is 11.1. The van der Waals surface area contributed by atoms with Crippen LogP contribution in [-0.2, 0) is 0 Å². The third-order valence-electron chi connectivity index (χ3n) is 7.37. The largest absolute Gasteiger partial charge is 0.450 e. The van der Waals surface area contributed by atoms with Crippen LogP contribution in [0.1, 0.15) is 59.3 Å². The second-order valence-corrected chi connectivity index (χ2v) is 9.20. The maximum Gasteiger partial charge on any atom is 0.287 e. The van der Waals surface area contributed by atoms with Crippen molar-refractivity contribution in [2.24, 2.45) is 0 Å². The normalized spacial score (nSPS) is 20.8. The van der Waals surface area contributed by atoms with Gasteiger partial charge in [0.1, 0.15) is 5.58 Å². The van der Waals surface area contributed by atoms with Crippen molar-refractivity contribution in [3.8, 4) is 0 Å². The van der Waals surface area contributed by atoms with Crippen molar-refractivity contribution in [1.29, 1.82) is 0 Å². The molecule has 0 radical (unpaired) electrons. The standard InChI is InChI=1S/C24H35N3O2/c1-17-8-9-20-19(3)22(29-21(20)18(17)2)23(28)25-16-24(10-6-5-7-11-24)27-14-12-26(4)13-15-27/h8-9H,5-7,10-16H2,1-4H3,(H,25,28). The van der Waals surface area contributed by atoms with Crippen molar-refractivity contribution in [1.82, 2.24) is 15.1 Å². The highest BCUT2D eigenvalue weighted by Gasteiger charge is 2.39. The predicted octanol–water partition coefficient (Wildman–Crippen LogP) is 4.04. The molecule has 1 aliphatic heterocycles. The van der Waals surface area contributed by atoms with Crippen LogP contribution in [0.15, 0.2) is 16.5 Å². The van der Waals surface area contributed by atoms with Crippen LogP contribution < -0.4 is 5.32 Å². The van der Waals surface area contributed by atoms with Crippen LogP contribution in [0.4, 0.5) is 0 Å². The summed E-state index contributed by atoms with van der Waals surface area (Å²) in [7, 11) is 2.20. The Morgan fingerprint density at radius 3 is 2.41 bits per heavy atom. The zero-order valence-electron chi connectivity index (χ0n) is 18.4. The number of amides is 1. The fourth-order valence-electron chi connectivity index (χ4n) is 5.16. The number of likely N-dealkylation sites (N-methyl/N-ethyl adjacent to an activating group) is 1. The molecule has 1 saturated carbocycles. The molecule has 1 aromatic heterocycles. The summed E-state index contributed by atoms with van der Waals surface area (Å²) < 4.78 is 6.07. The second-order valence-electron chi connectivity index (χ2n) is 9.20. The molecule has 2 aliphatic rings. The fourth-order valence-corrected chi connectivity index (χ4v) is 5.16. The number of hydrogen-bond donors (Lipinski definition) is 1. The maximum absolute atomic E-state index is 13.1. The molecule has 0 unspecified atom stereocenters. The van der Waals surface area contributed by atoms with Crippen LogP contribution in [0, 0.1) is 20.8 Å². The van der Waals surface area contributed by atoms with Gasteiger partial charge >= 0.3 is 0 Å². The van der Waals surface area contributed by atoms with Gasteiger partial charge < -0.3 is 14.6 Å². The summed E-state index contributed by atoms with van der Waals surface area (Å²) in [6, 6.07) is 4.17. The first-order valence-electron chi connectivity index (χ1n) is 11.1. The molecule has 1 aromatic carbocycles.